The van der Waals surface area contributed by atoms with Gasteiger partial charge in [-0.2, -0.15) is 0 Å². The minimum absolute atomic E-state index is 0.0784. The van der Waals surface area contributed by atoms with E-state index in [1.54, 1.807) is 20.4 Å². The average Bonchev–Trinajstić information content (AvgIpc) is 2.27. The zero-order valence-corrected chi connectivity index (χ0v) is 11.1. The van der Waals surface area contributed by atoms with Crippen LogP contribution in [0.15, 0.2) is 12.3 Å². The summed E-state index contributed by atoms with van der Waals surface area (Å²) in [6.07, 6.45) is 1.69. The molecule has 0 amide bonds. The molecule has 0 aliphatic heterocycles. The van der Waals surface area contributed by atoms with Crippen molar-refractivity contribution in [3.63, 3.8) is 0 Å². The fraction of sp³-hybridized carbons (Fsp3) is 0.545. The average molecular weight is 274 g/mol. The predicted molar refractivity (Wildman–Crippen MR) is 64.2 cm³/mol. The molecule has 0 saturated heterocycles. The second-order valence-corrected chi connectivity index (χ2v) is 4.48. The standard InChI is InChI=1S/C11H16BrNO2/c1-11(2,7-12)9-8(14-3)5-6-13-10(9)15-4/h5-6H,7H2,1-4H3. The highest BCUT2D eigenvalue weighted by Gasteiger charge is 2.28. The Labute approximate surface area is 98.9 Å². The summed E-state index contributed by atoms with van der Waals surface area (Å²) in [5.41, 5.74) is 0.914. The Balaban J connectivity index is 3.34. The first kappa shape index (κ1) is 12.3. The Morgan fingerprint density at radius 2 is 2.00 bits per heavy atom. The van der Waals surface area contributed by atoms with E-state index in [0.29, 0.717) is 5.88 Å². The number of rotatable bonds is 4. The third kappa shape index (κ3) is 2.43. The molecule has 1 aromatic rings. The van der Waals surface area contributed by atoms with Gasteiger partial charge in [0.2, 0.25) is 5.88 Å². The van der Waals surface area contributed by atoms with Crippen molar-refractivity contribution >= 4 is 15.9 Å². The van der Waals surface area contributed by atoms with Gasteiger partial charge in [0.05, 0.1) is 19.8 Å². The highest BCUT2D eigenvalue weighted by atomic mass is 79.9. The summed E-state index contributed by atoms with van der Waals surface area (Å²) in [7, 11) is 3.28. The van der Waals surface area contributed by atoms with Crippen LogP contribution in [-0.4, -0.2) is 24.5 Å². The number of hydrogen-bond acceptors (Lipinski definition) is 3. The smallest absolute Gasteiger partial charge is 0.220 e. The van der Waals surface area contributed by atoms with Crippen molar-refractivity contribution in [3.8, 4) is 11.6 Å². The number of nitrogens with zero attached hydrogens (tertiary/aromatic N) is 1. The summed E-state index contributed by atoms with van der Waals surface area (Å²) in [5.74, 6) is 1.44. The molecule has 1 heterocycles. The van der Waals surface area contributed by atoms with Gasteiger partial charge in [-0.25, -0.2) is 4.98 Å². The Morgan fingerprint density at radius 1 is 1.33 bits per heavy atom. The maximum absolute atomic E-state index is 5.34. The van der Waals surface area contributed by atoms with Crippen LogP contribution in [0.5, 0.6) is 11.6 Å². The molecule has 4 heteroatoms. The lowest BCUT2D eigenvalue weighted by atomic mass is 9.87. The van der Waals surface area contributed by atoms with Crippen molar-refractivity contribution < 1.29 is 9.47 Å². The van der Waals surface area contributed by atoms with E-state index in [4.69, 9.17) is 9.47 Å². The van der Waals surface area contributed by atoms with E-state index in [-0.39, 0.29) is 5.41 Å². The minimum Gasteiger partial charge on any atom is -0.496 e. The topological polar surface area (TPSA) is 31.4 Å². The molecule has 0 unspecified atom stereocenters. The Morgan fingerprint density at radius 3 is 2.47 bits per heavy atom. The largest absolute Gasteiger partial charge is 0.496 e. The molecule has 0 fully saturated rings. The van der Waals surface area contributed by atoms with Crippen molar-refractivity contribution in [1.29, 1.82) is 0 Å². The molecule has 0 aliphatic carbocycles. The maximum Gasteiger partial charge on any atom is 0.220 e. The van der Waals surface area contributed by atoms with Crippen LogP contribution in [0.1, 0.15) is 19.4 Å². The first-order valence-corrected chi connectivity index (χ1v) is 5.82. The summed E-state index contributed by atoms with van der Waals surface area (Å²) < 4.78 is 10.6. The van der Waals surface area contributed by atoms with Gasteiger partial charge in [0.15, 0.2) is 0 Å². The van der Waals surface area contributed by atoms with E-state index in [9.17, 15) is 0 Å². The third-order valence-electron chi connectivity index (χ3n) is 2.30. The number of alkyl halides is 1. The molecule has 1 rings (SSSR count). The molecule has 0 atom stereocenters. The number of halogens is 1. The van der Waals surface area contributed by atoms with Gasteiger partial charge in [-0.15, -0.1) is 0 Å². The van der Waals surface area contributed by atoms with Gasteiger partial charge < -0.3 is 9.47 Å². The lowest BCUT2D eigenvalue weighted by Crippen LogP contribution is -2.21. The van der Waals surface area contributed by atoms with E-state index >= 15 is 0 Å². The van der Waals surface area contributed by atoms with Crippen molar-refractivity contribution in [2.45, 2.75) is 19.3 Å². The summed E-state index contributed by atoms with van der Waals surface area (Å²) in [6, 6.07) is 1.85. The molecule has 0 N–H and O–H groups in total. The number of ether oxygens (including phenoxy) is 2. The van der Waals surface area contributed by atoms with Gasteiger partial charge in [0.25, 0.3) is 0 Å². The Hall–Kier alpha value is -0.770. The second-order valence-electron chi connectivity index (χ2n) is 3.92. The molecule has 15 heavy (non-hydrogen) atoms. The molecule has 0 radical (unpaired) electrons. The molecule has 0 saturated carbocycles. The predicted octanol–water partition coefficient (Wildman–Crippen LogP) is 2.77. The molecule has 0 aromatic carbocycles. The second kappa shape index (κ2) is 4.84. The molecular formula is C11H16BrNO2. The van der Waals surface area contributed by atoms with Gasteiger partial charge in [-0.05, 0) is 6.07 Å². The van der Waals surface area contributed by atoms with Gasteiger partial charge in [-0.3, -0.25) is 0 Å². The fourth-order valence-electron chi connectivity index (χ4n) is 1.44. The van der Waals surface area contributed by atoms with Crippen molar-refractivity contribution in [2.24, 2.45) is 0 Å². The first-order chi connectivity index (χ1) is 7.06. The molecule has 3 nitrogen and oxygen atoms in total. The number of hydrogen-bond donors (Lipinski definition) is 0. The van der Waals surface area contributed by atoms with Crippen LogP contribution in [0.25, 0.3) is 0 Å². The van der Waals surface area contributed by atoms with Crippen LogP contribution in [0.4, 0.5) is 0 Å². The van der Waals surface area contributed by atoms with Crippen molar-refractivity contribution in [1.82, 2.24) is 4.98 Å². The Kier molecular flexibility index (Phi) is 3.97. The van der Waals surface area contributed by atoms with Crippen LogP contribution in [0, 0.1) is 0 Å². The monoisotopic (exact) mass is 273 g/mol. The van der Waals surface area contributed by atoms with Crippen LogP contribution in [0.3, 0.4) is 0 Å². The van der Waals surface area contributed by atoms with E-state index < -0.39 is 0 Å². The van der Waals surface area contributed by atoms with Gasteiger partial charge in [0.1, 0.15) is 5.75 Å². The lowest BCUT2D eigenvalue weighted by molar-refractivity contribution is 0.357. The molecule has 0 bridgehead atoms. The van der Waals surface area contributed by atoms with E-state index in [0.717, 1.165) is 16.6 Å². The van der Waals surface area contributed by atoms with E-state index in [1.165, 1.54) is 0 Å². The van der Waals surface area contributed by atoms with Crippen molar-refractivity contribution in [3.05, 3.63) is 17.8 Å². The first-order valence-electron chi connectivity index (χ1n) is 4.70. The van der Waals surface area contributed by atoms with Crippen LogP contribution in [-0.2, 0) is 5.41 Å². The van der Waals surface area contributed by atoms with Gasteiger partial charge in [-0.1, -0.05) is 29.8 Å². The maximum atomic E-state index is 5.34. The van der Waals surface area contributed by atoms with Crippen LogP contribution < -0.4 is 9.47 Å². The SMILES string of the molecule is COc1ccnc(OC)c1C(C)(C)CBr. The summed E-state index contributed by atoms with van der Waals surface area (Å²) in [4.78, 5) is 4.20. The Bertz CT molecular complexity index is 317. The summed E-state index contributed by atoms with van der Waals surface area (Å²) in [5, 5.41) is 0.818. The van der Waals surface area contributed by atoms with E-state index in [2.05, 4.69) is 34.8 Å². The summed E-state index contributed by atoms with van der Waals surface area (Å²) in [6.45, 7) is 4.23. The number of aromatic nitrogens is 1. The normalized spacial score (nSPS) is 11.3. The quantitative estimate of drug-likeness (QED) is 0.791. The number of methoxy groups -OCH3 is 2. The molecule has 1 aromatic heterocycles. The van der Waals surface area contributed by atoms with E-state index in [1.807, 2.05) is 6.07 Å². The fourth-order valence-corrected chi connectivity index (χ4v) is 1.72. The molecule has 0 aliphatic rings. The highest BCUT2D eigenvalue weighted by molar-refractivity contribution is 9.09. The molecule has 84 valence electrons. The van der Waals surface area contributed by atoms with Gasteiger partial charge in [0, 0.05) is 16.9 Å². The zero-order chi connectivity index (χ0) is 11.5. The number of pyridine rings is 1. The van der Waals surface area contributed by atoms with Crippen molar-refractivity contribution in [2.75, 3.05) is 19.5 Å². The third-order valence-corrected chi connectivity index (χ3v) is 3.70. The lowest BCUT2D eigenvalue weighted by Gasteiger charge is -2.25. The molecular weight excluding hydrogens is 258 g/mol. The van der Waals surface area contributed by atoms with Crippen LogP contribution in [0.2, 0.25) is 0 Å². The minimum atomic E-state index is -0.0784. The zero-order valence-electron chi connectivity index (χ0n) is 9.50. The van der Waals surface area contributed by atoms with Crippen LogP contribution >= 0.6 is 15.9 Å². The summed E-state index contributed by atoms with van der Waals surface area (Å²) >= 11 is 3.50. The molecule has 0 spiro atoms. The van der Waals surface area contributed by atoms with Gasteiger partial charge >= 0.3 is 0 Å². The highest BCUT2D eigenvalue weighted by Crippen LogP contribution is 2.38.